The maximum Gasteiger partial charge on any atom is 0.213 e. The Morgan fingerprint density at radius 1 is 1.33 bits per heavy atom. The van der Waals surface area contributed by atoms with E-state index in [1.807, 2.05) is 0 Å². The number of rotatable bonds is 5. The van der Waals surface area contributed by atoms with Gasteiger partial charge in [0.1, 0.15) is 0 Å². The van der Waals surface area contributed by atoms with Crippen LogP contribution in [-0.2, 0) is 10.0 Å². The highest BCUT2D eigenvalue weighted by Crippen LogP contribution is 2.30. The number of aliphatic hydroxyl groups is 1. The third kappa shape index (κ3) is 3.43. The molecule has 1 fully saturated rings. The molecule has 1 aliphatic rings. The average Bonchev–Trinajstić information content (AvgIpc) is 2.61. The summed E-state index contributed by atoms with van der Waals surface area (Å²) in [5.74, 6) is 0.586. The van der Waals surface area contributed by atoms with Crippen molar-refractivity contribution in [2.24, 2.45) is 11.8 Å². The van der Waals surface area contributed by atoms with Gasteiger partial charge in [0, 0.05) is 13.2 Å². The van der Waals surface area contributed by atoms with E-state index in [4.69, 9.17) is 5.11 Å². The van der Waals surface area contributed by atoms with Crippen molar-refractivity contribution >= 4 is 10.0 Å². The molecule has 2 N–H and O–H groups in total. The molecule has 0 saturated heterocycles. The van der Waals surface area contributed by atoms with Gasteiger partial charge in [0.25, 0.3) is 0 Å². The lowest BCUT2D eigenvalue weighted by Gasteiger charge is -2.18. The molecule has 90 valence electrons. The fraction of sp³-hybridized carbons (Fsp3) is 1.00. The van der Waals surface area contributed by atoms with Gasteiger partial charge in [-0.3, -0.25) is 0 Å². The average molecular weight is 235 g/mol. The summed E-state index contributed by atoms with van der Waals surface area (Å²) >= 11 is 0. The lowest BCUT2D eigenvalue weighted by Crippen LogP contribution is -2.35. The summed E-state index contributed by atoms with van der Waals surface area (Å²) in [5, 5.41) is 8.71. The minimum absolute atomic E-state index is 0.175. The van der Waals surface area contributed by atoms with Gasteiger partial charge in [0.15, 0.2) is 0 Å². The van der Waals surface area contributed by atoms with E-state index in [9.17, 15) is 8.42 Å². The van der Waals surface area contributed by atoms with Gasteiger partial charge >= 0.3 is 0 Å². The Kier molecular flexibility index (Phi) is 4.55. The summed E-state index contributed by atoms with van der Waals surface area (Å²) in [5.41, 5.74) is 0. The van der Waals surface area contributed by atoms with Crippen LogP contribution in [0, 0.1) is 11.8 Å². The predicted octanol–water partition coefficient (Wildman–Crippen LogP) is 0.723. The second-order valence-corrected chi connectivity index (χ2v) is 6.90. The van der Waals surface area contributed by atoms with Crippen LogP contribution in [0.5, 0.6) is 0 Å². The van der Waals surface area contributed by atoms with Crippen molar-refractivity contribution in [3.8, 4) is 0 Å². The van der Waals surface area contributed by atoms with Crippen LogP contribution >= 0.6 is 0 Å². The normalized spacial score (nSPS) is 27.5. The zero-order chi connectivity index (χ0) is 11.5. The molecule has 5 heteroatoms. The van der Waals surface area contributed by atoms with Crippen LogP contribution in [0.2, 0.25) is 0 Å². The van der Waals surface area contributed by atoms with Crippen molar-refractivity contribution in [1.29, 1.82) is 0 Å². The van der Waals surface area contributed by atoms with E-state index in [0.717, 1.165) is 19.3 Å². The summed E-state index contributed by atoms with van der Waals surface area (Å²) < 4.78 is 25.6. The Hall–Kier alpha value is -0.130. The Labute approximate surface area is 92.1 Å². The zero-order valence-electron chi connectivity index (χ0n) is 9.44. The fourth-order valence-corrected chi connectivity index (χ4v) is 2.79. The molecule has 15 heavy (non-hydrogen) atoms. The minimum atomic E-state index is -3.15. The lowest BCUT2D eigenvalue weighted by molar-refractivity contribution is 0.195. The molecule has 1 saturated carbocycles. The number of sulfonamides is 1. The van der Waals surface area contributed by atoms with E-state index in [0.29, 0.717) is 12.5 Å². The van der Waals surface area contributed by atoms with Crippen molar-refractivity contribution in [3.63, 3.8) is 0 Å². The van der Waals surface area contributed by atoms with Crippen molar-refractivity contribution in [1.82, 2.24) is 4.72 Å². The molecule has 0 bridgehead atoms. The standard InChI is InChI=1S/C10H21NO3S/c1-8(2)15(13,14)11-6-9-4-3-5-10(9)7-12/h8-12H,3-7H2,1-2H3. The van der Waals surface area contributed by atoms with E-state index in [1.165, 1.54) is 0 Å². The molecule has 0 heterocycles. The van der Waals surface area contributed by atoms with Crippen LogP contribution in [0.4, 0.5) is 0 Å². The van der Waals surface area contributed by atoms with Gasteiger partial charge in [-0.05, 0) is 38.5 Å². The van der Waals surface area contributed by atoms with E-state index in [-0.39, 0.29) is 17.8 Å². The monoisotopic (exact) mass is 235 g/mol. The SMILES string of the molecule is CC(C)S(=O)(=O)NCC1CCCC1CO. The summed E-state index contributed by atoms with van der Waals surface area (Å²) in [4.78, 5) is 0. The second-order valence-electron chi connectivity index (χ2n) is 4.58. The Balaban J connectivity index is 2.43. The highest BCUT2D eigenvalue weighted by molar-refractivity contribution is 7.90. The van der Waals surface area contributed by atoms with Crippen molar-refractivity contribution in [2.75, 3.05) is 13.2 Å². The Morgan fingerprint density at radius 3 is 2.47 bits per heavy atom. The van der Waals surface area contributed by atoms with Crippen LogP contribution < -0.4 is 4.72 Å². The minimum Gasteiger partial charge on any atom is -0.396 e. The molecule has 0 spiro atoms. The van der Waals surface area contributed by atoms with Crippen molar-refractivity contribution in [3.05, 3.63) is 0 Å². The summed E-state index contributed by atoms with van der Waals surface area (Å²) in [6.45, 7) is 3.99. The molecule has 0 amide bonds. The van der Waals surface area contributed by atoms with Gasteiger partial charge in [-0.2, -0.15) is 0 Å². The van der Waals surface area contributed by atoms with Crippen LogP contribution in [0.1, 0.15) is 33.1 Å². The molecule has 4 nitrogen and oxygen atoms in total. The van der Waals surface area contributed by atoms with Gasteiger partial charge in [0.2, 0.25) is 10.0 Å². The van der Waals surface area contributed by atoms with Gasteiger partial charge in [-0.25, -0.2) is 13.1 Å². The van der Waals surface area contributed by atoms with Gasteiger partial charge in [-0.1, -0.05) is 6.42 Å². The molecule has 1 rings (SSSR count). The van der Waals surface area contributed by atoms with Crippen LogP contribution in [0.15, 0.2) is 0 Å². The maximum absolute atomic E-state index is 11.5. The van der Waals surface area contributed by atoms with Gasteiger partial charge < -0.3 is 5.11 Å². The number of nitrogens with one attached hydrogen (secondary N) is 1. The molecule has 0 aliphatic heterocycles. The van der Waals surface area contributed by atoms with Gasteiger partial charge in [-0.15, -0.1) is 0 Å². The Morgan fingerprint density at radius 2 is 1.93 bits per heavy atom. The summed E-state index contributed by atoms with van der Waals surface area (Å²) in [6, 6.07) is 0. The van der Waals surface area contributed by atoms with Gasteiger partial charge in [0.05, 0.1) is 5.25 Å². The molecule has 0 aromatic heterocycles. The third-order valence-corrected chi connectivity index (χ3v) is 5.03. The first-order valence-corrected chi connectivity index (χ1v) is 7.11. The van der Waals surface area contributed by atoms with Crippen molar-refractivity contribution < 1.29 is 13.5 Å². The Bertz CT molecular complexity index is 287. The molecule has 0 radical (unpaired) electrons. The quantitative estimate of drug-likeness (QED) is 0.738. The van der Waals surface area contributed by atoms with E-state index < -0.39 is 10.0 Å². The summed E-state index contributed by atoms with van der Waals surface area (Å²) in [6.07, 6.45) is 3.13. The van der Waals surface area contributed by atoms with Crippen molar-refractivity contribution in [2.45, 2.75) is 38.4 Å². The largest absolute Gasteiger partial charge is 0.396 e. The first kappa shape index (κ1) is 12.9. The number of hydrogen-bond donors (Lipinski definition) is 2. The van der Waals surface area contributed by atoms with Crippen LogP contribution in [0.3, 0.4) is 0 Å². The first-order chi connectivity index (χ1) is 6.97. The highest BCUT2D eigenvalue weighted by Gasteiger charge is 2.28. The van der Waals surface area contributed by atoms with Crippen LogP contribution in [-0.4, -0.2) is 31.9 Å². The number of aliphatic hydroxyl groups excluding tert-OH is 1. The molecule has 2 atom stereocenters. The second kappa shape index (κ2) is 5.27. The number of hydrogen-bond acceptors (Lipinski definition) is 3. The van der Waals surface area contributed by atoms with E-state index in [2.05, 4.69) is 4.72 Å². The fourth-order valence-electron chi connectivity index (χ4n) is 2.01. The maximum atomic E-state index is 11.5. The first-order valence-electron chi connectivity index (χ1n) is 5.56. The molecule has 1 aliphatic carbocycles. The molecule has 2 unspecified atom stereocenters. The summed E-state index contributed by atoms with van der Waals surface area (Å²) in [7, 11) is -3.15. The topological polar surface area (TPSA) is 66.4 Å². The molecular formula is C10H21NO3S. The molecule has 0 aromatic rings. The lowest BCUT2D eigenvalue weighted by atomic mass is 9.97. The smallest absolute Gasteiger partial charge is 0.213 e. The third-order valence-electron chi connectivity index (χ3n) is 3.22. The highest BCUT2D eigenvalue weighted by atomic mass is 32.2. The van der Waals surface area contributed by atoms with E-state index >= 15 is 0 Å². The van der Waals surface area contributed by atoms with E-state index in [1.54, 1.807) is 13.8 Å². The van der Waals surface area contributed by atoms with Crippen LogP contribution in [0.25, 0.3) is 0 Å². The molecular weight excluding hydrogens is 214 g/mol. The zero-order valence-corrected chi connectivity index (χ0v) is 10.3. The predicted molar refractivity (Wildman–Crippen MR) is 60.0 cm³/mol. The molecule has 0 aromatic carbocycles.